The highest BCUT2D eigenvalue weighted by Gasteiger charge is 2.22. The minimum atomic E-state index is 0.626. The van der Waals surface area contributed by atoms with Crippen LogP contribution < -0.4 is 10.6 Å². The van der Waals surface area contributed by atoms with Gasteiger partial charge in [0.15, 0.2) is 0 Å². The molecule has 1 atom stereocenters. The summed E-state index contributed by atoms with van der Waals surface area (Å²) in [5, 5.41) is 6.81. The summed E-state index contributed by atoms with van der Waals surface area (Å²) in [6.45, 7) is 2.31. The molecule has 1 saturated carbocycles. The smallest absolute Gasteiger partial charge is 0.223 e. The maximum Gasteiger partial charge on any atom is 0.223 e. The molecule has 2 fully saturated rings. The van der Waals surface area contributed by atoms with Crippen LogP contribution >= 0.6 is 0 Å². The number of anilines is 1. The first-order valence-electron chi connectivity index (χ1n) is 6.69. The van der Waals surface area contributed by atoms with Crippen molar-refractivity contribution in [1.29, 1.82) is 0 Å². The minimum absolute atomic E-state index is 0.626. The van der Waals surface area contributed by atoms with E-state index in [0.29, 0.717) is 6.04 Å². The SMILES string of the molecule is c1cc(C[C@@H]2CCCNC2)nc(NC2CC2)n1. The zero-order valence-electron chi connectivity index (χ0n) is 10.2. The lowest BCUT2D eigenvalue weighted by atomic mass is 9.95. The normalized spacial score (nSPS) is 24.6. The Hall–Kier alpha value is -1.16. The fourth-order valence-electron chi connectivity index (χ4n) is 2.38. The van der Waals surface area contributed by atoms with Gasteiger partial charge >= 0.3 is 0 Å². The molecule has 17 heavy (non-hydrogen) atoms. The van der Waals surface area contributed by atoms with E-state index in [1.165, 1.54) is 37.9 Å². The third-order valence-corrected chi connectivity index (χ3v) is 3.52. The van der Waals surface area contributed by atoms with Gasteiger partial charge in [-0.1, -0.05) is 0 Å². The predicted octanol–water partition coefficient (Wildman–Crippen LogP) is 1.59. The summed E-state index contributed by atoms with van der Waals surface area (Å²) >= 11 is 0. The summed E-state index contributed by atoms with van der Waals surface area (Å²) in [5.74, 6) is 1.56. The highest BCUT2D eigenvalue weighted by atomic mass is 15.1. The summed E-state index contributed by atoms with van der Waals surface area (Å²) in [7, 11) is 0. The number of piperidine rings is 1. The molecule has 2 N–H and O–H groups in total. The summed E-state index contributed by atoms with van der Waals surface area (Å²) in [6.07, 6.45) is 8.10. The van der Waals surface area contributed by atoms with Crippen molar-refractivity contribution in [3.05, 3.63) is 18.0 Å². The van der Waals surface area contributed by atoms with Crippen molar-refractivity contribution < 1.29 is 0 Å². The van der Waals surface area contributed by atoms with E-state index < -0.39 is 0 Å². The highest BCUT2D eigenvalue weighted by Crippen LogP contribution is 2.23. The second-order valence-corrected chi connectivity index (χ2v) is 5.21. The van der Waals surface area contributed by atoms with Crippen LogP contribution in [-0.2, 0) is 6.42 Å². The van der Waals surface area contributed by atoms with E-state index >= 15 is 0 Å². The molecule has 1 aromatic rings. The zero-order valence-corrected chi connectivity index (χ0v) is 10.2. The first-order chi connectivity index (χ1) is 8.40. The molecule has 2 aliphatic rings. The Morgan fingerprint density at radius 1 is 1.35 bits per heavy atom. The Morgan fingerprint density at radius 2 is 2.29 bits per heavy atom. The Kier molecular flexibility index (Phi) is 3.22. The third kappa shape index (κ3) is 3.16. The maximum atomic E-state index is 4.60. The van der Waals surface area contributed by atoms with Gasteiger partial charge in [-0.3, -0.25) is 0 Å². The number of rotatable bonds is 4. The summed E-state index contributed by atoms with van der Waals surface area (Å²) in [5.41, 5.74) is 1.18. The van der Waals surface area contributed by atoms with E-state index in [-0.39, 0.29) is 0 Å². The van der Waals surface area contributed by atoms with Gasteiger partial charge in [0.2, 0.25) is 5.95 Å². The predicted molar refractivity (Wildman–Crippen MR) is 68.0 cm³/mol. The lowest BCUT2D eigenvalue weighted by Gasteiger charge is -2.22. The molecule has 92 valence electrons. The quantitative estimate of drug-likeness (QED) is 0.828. The molecule has 0 spiro atoms. The Bertz CT molecular complexity index is 369. The molecular weight excluding hydrogens is 212 g/mol. The molecule has 0 unspecified atom stereocenters. The average molecular weight is 232 g/mol. The second-order valence-electron chi connectivity index (χ2n) is 5.21. The van der Waals surface area contributed by atoms with Crippen molar-refractivity contribution in [3.8, 4) is 0 Å². The number of hydrogen-bond acceptors (Lipinski definition) is 4. The van der Waals surface area contributed by atoms with E-state index in [1.54, 1.807) is 0 Å². The molecule has 3 rings (SSSR count). The second kappa shape index (κ2) is 5.00. The first kappa shape index (κ1) is 11.0. The molecule has 1 saturated heterocycles. The van der Waals surface area contributed by atoms with Gasteiger partial charge < -0.3 is 10.6 Å². The van der Waals surface area contributed by atoms with Gasteiger partial charge in [0.05, 0.1) is 0 Å². The van der Waals surface area contributed by atoms with Crippen molar-refractivity contribution >= 4 is 5.95 Å². The lowest BCUT2D eigenvalue weighted by Crippen LogP contribution is -2.31. The maximum absolute atomic E-state index is 4.60. The largest absolute Gasteiger partial charge is 0.351 e. The summed E-state index contributed by atoms with van der Waals surface area (Å²) in [6, 6.07) is 2.67. The zero-order chi connectivity index (χ0) is 11.5. The fourth-order valence-corrected chi connectivity index (χ4v) is 2.38. The lowest BCUT2D eigenvalue weighted by molar-refractivity contribution is 0.373. The van der Waals surface area contributed by atoms with Crippen LogP contribution in [0.25, 0.3) is 0 Å². The van der Waals surface area contributed by atoms with Gasteiger partial charge in [-0.05, 0) is 57.2 Å². The summed E-state index contributed by atoms with van der Waals surface area (Å²) in [4.78, 5) is 8.87. The van der Waals surface area contributed by atoms with Gasteiger partial charge in [-0.15, -0.1) is 0 Å². The first-order valence-corrected chi connectivity index (χ1v) is 6.69. The third-order valence-electron chi connectivity index (χ3n) is 3.52. The average Bonchev–Trinajstić information content (AvgIpc) is 3.15. The van der Waals surface area contributed by atoms with Crippen LogP contribution in [0.3, 0.4) is 0 Å². The topological polar surface area (TPSA) is 49.8 Å². The Balaban J connectivity index is 1.60. The van der Waals surface area contributed by atoms with Crippen LogP contribution in [0, 0.1) is 5.92 Å². The molecule has 1 aliphatic carbocycles. The van der Waals surface area contributed by atoms with Crippen LogP contribution in [0.15, 0.2) is 12.3 Å². The van der Waals surface area contributed by atoms with Crippen molar-refractivity contribution in [1.82, 2.24) is 15.3 Å². The number of hydrogen-bond donors (Lipinski definition) is 2. The van der Waals surface area contributed by atoms with E-state index in [0.717, 1.165) is 24.8 Å². The van der Waals surface area contributed by atoms with Gasteiger partial charge in [0.25, 0.3) is 0 Å². The van der Waals surface area contributed by atoms with Crippen molar-refractivity contribution in [3.63, 3.8) is 0 Å². The monoisotopic (exact) mass is 232 g/mol. The van der Waals surface area contributed by atoms with E-state index in [4.69, 9.17) is 0 Å². The standard InChI is InChI=1S/C13H20N4/c1-2-10(9-14-6-1)8-12-5-7-15-13(17-12)16-11-3-4-11/h5,7,10-11,14H,1-4,6,8-9H2,(H,15,16,17)/t10-/m0/s1. The van der Waals surface area contributed by atoms with Crippen LogP contribution in [-0.4, -0.2) is 29.1 Å². The van der Waals surface area contributed by atoms with E-state index in [2.05, 4.69) is 20.6 Å². The fraction of sp³-hybridized carbons (Fsp3) is 0.692. The van der Waals surface area contributed by atoms with E-state index in [9.17, 15) is 0 Å². The number of aromatic nitrogens is 2. The molecule has 0 amide bonds. The number of nitrogens with one attached hydrogen (secondary N) is 2. The minimum Gasteiger partial charge on any atom is -0.351 e. The molecule has 4 nitrogen and oxygen atoms in total. The highest BCUT2D eigenvalue weighted by molar-refractivity contribution is 5.28. The molecule has 0 bridgehead atoms. The Labute approximate surface area is 102 Å². The van der Waals surface area contributed by atoms with Crippen LogP contribution in [0.5, 0.6) is 0 Å². The molecule has 0 aromatic carbocycles. The molecular formula is C13H20N4. The van der Waals surface area contributed by atoms with Crippen LogP contribution in [0.4, 0.5) is 5.95 Å². The van der Waals surface area contributed by atoms with Crippen LogP contribution in [0.2, 0.25) is 0 Å². The van der Waals surface area contributed by atoms with Crippen molar-refractivity contribution in [2.45, 2.75) is 38.1 Å². The molecule has 1 aliphatic heterocycles. The molecule has 4 heteroatoms. The van der Waals surface area contributed by atoms with Gasteiger partial charge in [0.1, 0.15) is 0 Å². The number of nitrogens with zero attached hydrogens (tertiary/aromatic N) is 2. The molecule has 2 heterocycles. The van der Waals surface area contributed by atoms with E-state index in [1.807, 2.05) is 12.3 Å². The van der Waals surface area contributed by atoms with Crippen molar-refractivity contribution in [2.24, 2.45) is 5.92 Å². The molecule has 1 aromatic heterocycles. The summed E-state index contributed by atoms with van der Waals surface area (Å²) < 4.78 is 0. The van der Waals surface area contributed by atoms with Crippen LogP contribution in [0.1, 0.15) is 31.4 Å². The van der Waals surface area contributed by atoms with Gasteiger partial charge in [0, 0.05) is 17.9 Å². The Morgan fingerprint density at radius 3 is 3.06 bits per heavy atom. The van der Waals surface area contributed by atoms with Gasteiger partial charge in [-0.2, -0.15) is 0 Å². The van der Waals surface area contributed by atoms with Gasteiger partial charge in [-0.25, -0.2) is 9.97 Å². The van der Waals surface area contributed by atoms with Crippen molar-refractivity contribution in [2.75, 3.05) is 18.4 Å². The molecule has 0 radical (unpaired) electrons.